The van der Waals surface area contributed by atoms with Gasteiger partial charge in [-0.2, -0.15) is 9.57 Å². The first-order chi connectivity index (χ1) is 10.9. The molecule has 1 unspecified atom stereocenters. The zero-order valence-corrected chi connectivity index (χ0v) is 14.2. The number of nitriles is 1. The second kappa shape index (κ2) is 6.07. The van der Waals surface area contributed by atoms with Crippen LogP contribution in [-0.2, 0) is 10.0 Å². The summed E-state index contributed by atoms with van der Waals surface area (Å²) in [6.07, 6.45) is 3.61. The van der Waals surface area contributed by atoms with Crippen molar-refractivity contribution in [3.8, 4) is 6.07 Å². The Balaban J connectivity index is 1.78. The lowest BCUT2D eigenvalue weighted by molar-refractivity contribution is 0.142. The zero-order chi connectivity index (χ0) is 16.6. The van der Waals surface area contributed by atoms with Crippen LogP contribution < -0.4 is 4.90 Å². The maximum absolute atomic E-state index is 12.8. The molecule has 3 rings (SSSR count). The predicted octanol–water partition coefficient (Wildman–Crippen LogP) is 0.508. The van der Waals surface area contributed by atoms with Gasteiger partial charge in [0.05, 0.1) is 6.07 Å². The number of rotatable bonds is 4. The topological polar surface area (TPSA) is 80.5 Å². The second-order valence-electron chi connectivity index (χ2n) is 6.22. The average molecular weight is 335 g/mol. The van der Waals surface area contributed by atoms with E-state index in [1.807, 2.05) is 19.0 Å². The maximum Gasteiger partial charge on any atom is 0.244 e. The summed E-state index contributed by atoms with van der Waals surface area (Å²) in [5.41, 5.74) is 0. The maximum atomic E-state index is 12.8. The fourth-order valence-electron chi connectivity index (χ4n) is 2.89. The van der Waals surface area contributed by atoms with Crippen LogP contribution in [-0.4, -0.2) is 68.4 Å². The Labute approximate surface area is 137 Å². The zero-order valence-electron chi connectivity index (χ0n) is 13.4. The van der Waals surface area contributed by atoms with Crippen LogP contribution in [0.5, 0.6) is 0 Å². The number of anilines is 1. The van der Waals surface area contributed by atoms with Gasteiger partial charge in [-0.15, -0.1) is 0 Å². The van der Waals surface area contributed by atoms with Gasteiger partial charge < -0.3 is 4.90 Å². The van der Waals surface area contributed by atoms with E-state index < -0.39 is 10.0 Å². The molecule has 8 heteroatoms. The Morgan fingerprint density at radius 3 is 2.57 bits per heavy atom. The molecule has 0 aromatic carbocycles. The molecule has 0 spiro atoms. The highest BCUT2D eigenvalue weighted by atomic mass is 32.2. The summed E-state index contributed by atoms with van der Waals surface area (Å²) in [7, 11) is 0.103. The molecule has 2 fully saturated rings. The SMILES string of the molecule is CN(C)c1ccc(S(=O)(=O)N2CCN(C3CC3)C(C#N)C2)cn1. The summed E-state index contributed by atoms with van der Waals surface area (Å²) in [5, 5.41) is 9.36. The molecule has 0 amide bonds. The first-order valence-corrected chi connectivity index (χ1v) is 9.16. The highest BCUT2D eigenvalue weighted by molar-refractivity contribution is 7.89. The largest absolute Gasteiger partial charge is 0.363 e. The van der Waals surface area contributed by atoms with E-state index in [0.717, 1.165) is 12.8 Å². The third kappa shape index (κ3) is 3.17. The second-order valence-corrected chi connectivity index (χ2v) is 8.16. The highest BCUT2D eigenvalue weighted by Gasteiger charge is 2.40. The van der Waals surface area contributed by atoms with E-state index in [1.54, 1.807) is 12.1 Å². The van der Waals surface area contributed by atoms with Gasteiger partial charge in [-0.3, -0.25) is 4.90 Å². The van der Waals surface area contributed by atoms with Gasteiger partial charge in [0.1, 0.15) is 16.8 Å². The van der Waals surface area contributed by atoms with Crippen LogP contribution in [0.2, 0.25) is 0 Å². The van der Waals surface area contributed by atoms with E-state index in [4.69, 9.17) is 0 Å². The van der Waals surface area contributed by atoms with Crippen molar-refractivity contribution in [2.75, 3.05) is 38.6 Å². The summed E-state index contributed by atoms with van der Waals surface area (Å²) < 4.78 is 26.9. The van der Waals surface area contributed by atoms with Crippen molar-refractivity contribution in [3.63, 3.8) is 0 Å². The van der Waals surface area contributed by atoms with Crippen molar-refractivity contribution in [1.29, 1.82) is 5.26 Å². The van der Waals surface area contributed by atoms with Crippen LogP contribution in [0.3, 0.4) is 0 Å². The van der Waals surface area contributed by atoms with Crippen LogP contribution >= 0.6 is 0 Å². The molecule has 2 aliphatic rings. The van der Waals surface area contributed by atoms with Gasteiger partial charge in [-0.05, 0) is 25.0 Å². The number of nitrogens with zero attached hydrogens (tertiary/aromatic N) is 5. The van der Waals surface area contributed by atoms with Crippen LogP contribution in [0.4, 0.5) is 5.82 Å². The third-order valence-corrected chi connectivity index (χ3v) is 6.21. The molecule has 1 saturated carbocycles. The van der Waals surface area contributed by atoms with Crippen LogP contribution in [0, 0.1) is 11.3 Å². The molecular weight excluding hydrogens is 314 g/mol. The molecule has 1 aliphatic heterocycles. The normalized spacial score (nSPS) is 23.4. The lowest BCUT2D eigenvalue weighted by Crippen LogP contribution is -2.54. The minimum Gasteiger partial charge on any atom is -0.363 e. The number of hydrogen-bond donors (Lipinski definition) is 0. The molecule has 2 heterocycles. The van der Waals surface area contributed by atoms with Gasteiger partial charge in [0.15, 0.2) is 0 Å². The van der Waals surface area contributed by atoms with E-state index in [-0.39, 0.29) is 17.5 Å². The first-order valence-electron chi connectivity index (χ1n) is 7.72. The number of piperazine rings is 1. The van der Waals surface area contributed by atoms with Crippen molar-refractivity contribution in [3.05, 3.63) is 18.3 Å². The lowest BCUT2D eigenvalue weighted by Gasteiger charge is -2.37. The molecule has 1 aromatic rings. The molecule has 0 radical (unpaired) electrons. The fourth-order valence-corrected chi connectivity index (χ4v) is 4.27. The Hall–Kier alpha value is -1.69. The monoisotopic (exact) mass is 335 g/mol. The van der Waals surface area contributed by atoms with Gasteiger partial charge in [0.25, 0.3) is 0 Å². The number of hydrogen-bond acceptors (Lipinski definition) is 6. The van der Waals surface area contributed by atoms with Crippen LogP contribution in [0.25, 0.3) is 0 Å². The van der Waals surface area contributed by atoms with Crippen molar-refractivity contribution >= 4 is 15.8 Å². The molecule has 1 atom stereocenters. The Bertz CT molecular complexity index is 706. The minimum absolute atomic E-state index is 0.180. The molecule has 1 aromatic heterocycles. The van der Waals surface area contributed by atoms with E-state index in [2.05, 4.69) is 16.0 Å². The van der Waals surface area contributed by atoms with Crippen molar-refractivity contribution in [2.45, 2.75) is 29.8 Å². The molecule has 0 bridgehead atoms. The highest BCUT2D eigenvalue weighted by Crippen LogP contribution is 2.31. The summed E-state index contributed by atoms with van der Waals surface area (Å²) in [5.74, 6) is 0.706. The molecule has 0 N–H and O–H groups in total. The molecule has 7 nitrogen and oxygen atoms in total. The number of aromatic nitrogens is 1. The molecule has 1 saturated heterocycles. The first kappa shape index (κ1) is 16.2. The molecule has 1 aliphatic carbocycles. The molecule has 23 heavy (non-hydrogen) atoms. The van der Waals surface area contributed by atoms with Crippen molar-refractivity contribution in [1.82, 2.24) is 14.2 Å². The van der Waals surface area contributed by atoms with Crippen molar-refractivity contribution < 1.29 is 8.42 Å². The Kier molecular flexibility index (Phi) is 4.27. The van der Waals surface area contributed by atoms with Gasteiger partial charge >= 0.3 is 0 Å². The Morgan fingerprint density at radius 2 is 2.04 bits per heavy atom. The number of pyridine rings is 1. The average Bonchev–Trinajstić information content (AvgIpc) is 3.39. The van der Waals surface area contributed by atoms with E-state index in [0.29, 0.717) is 24.9 Å². The summed E-state index contributed by atoms with van der Waals surface area (Å²) in [6.45, 7) is 1.27. The standard InChI is InChI=1S/C15H21N5O2S/c1-18(2)15-6-5-14(10-17-15)23(21,22)19-7-8-20(12-3-4-12)13(9-16)11-19/h5-6,10,12-13H,3-4,7-8,11H2,1-2H3. The van der Waals surface area contributed by atoms with Crippen LogP contribution in [0.15, 0.2) is 23.2 Å². The van der Waals surface area contributed by atoms with Gasteiger partial charge in [0.2, 0.25) is 10.0 Å². The van der Waals surface area contributed by atoms with E-state index in [1.165, 1.54) is 10.5 Å². The summed E-state index contributed by atoms with van der Waals surface area (Å²) >= 11 is 0. The lowest BCUT2D eigenvalue weighted by atomic mass is 10.2. The minimum atomic E-state index is -3.60. The van der Waals surface area contributed by atoms with Crippen LogP contribution in [0.1, 0.15) is 12.8 Å². The molecule has 124 valence electrons. The van der Waals surface area contributed by atoms with Crippen molar-refractivity contribution in [2.24, 2.45) is 0 Å². The summed E-state index contributed by atoms with van der Waals surface area (Å²) in [6, 6.07) is 5.62. The van der Waals surface area contributed by atoms with Gasteiger partial charge in [0, 0.05) is 46.0 Å². The fraction of sp³-hybridized carbons (Fsp3) is 0.600. The van der Waals surface area contributed by atoms with Gasteiger partial charge in [-0.1, -0.05) is 0 Å². The van der Waals surface area contributed by atoms with E-state index >= 15 is 0 Å². The van der Waals surface area contributed by atoms with Gasteiger partial charge in [-0.25, -0.2) is 13.4 Å². The molecular formula is C15H21N5O2S. The van der Waals surface area contributed by atoms with E-state index in [9.17, 15) is 13.7 Å². The Morgan fingerprint density at radius 1 is 1.30 bits per heavy atom. The summed E-state index contributed by atoms with van der Waals surface area (Å²) in [4.78, 5) is 8.31. The number of sulfonamides is 1. The third-order valence-electron chi connectivity index (χ3n) is 4.37. The quantitative estimate of drug-likeness (QED) is 0.797. The smallest absolute Gasteiger partial charge is 0.244 e. The predicted molar refractivity (Wildman–Crippen MR) is 86.5 cm³/mol.